The van der Waals surface area contributed by atoms with Crippen LogP contribution in [0.1, 0.15) is 72.3 Å². The number of likely N-dealkylation sites (tertiary alicyclic amines) is 1. The molecular weight excluding hydrogens is 456 g/mol. The lowest BCUT2D eigenvalue weighted by Gasteiger charge is -2.40. The molecule has 1 atom stereocenters. The van der Waals surface area contributed by atoms with Gasteiger partial charge >= 0.3 is 0 Å². The fraction of sp³-hybridized carbons (Fsp3) is 0.586. The first-order valence-electron chi connectivity index (χ1n) is 13.1. The minimum atomic E-state index is 0.111. The van der Waals surface area contributed by atoms with Crippen LogP contribution >= 0.6 is 11.3 Å². The Morgan fingerprint density at radius 1 is 1.17 bits per heavy atom. The number of hydrogen-bond acceptors (Lipinski definition) is 4. The maximum absolute atomic E-state index is 13.4. The first-order valence-corrected chi connectivity index (χ1v) is 14.0. The highest BCUT2D eigenvalue weighted by atomic mass is 32.1. The number of hydrogen-bond donors (Lipinski definition) is 0. The zero-order valence-electron chi connectivity index (χ0n) is 21.7. The molecule has 2 aromatic rings. The highest BCUT2D eigenvalue weighted by Gasteiger charge is 2.34. The molecule has 1 aromatic heterocycles. The number of carbonyl (C=O) groups excluding carboxylic acids is 2. The molecule has 5 nitrogen and oxygen atoms in total. The molecule has 1 saturated heterocycles. The molecule has 0 spiro atoms. The van der Waals surface area contributed by atoms with Crippen molar-refractivity contribution in [2.24, 2.45) is 11.8 Å². The van der Waals surface area contributed by atoms with Crippen molar-refractivity contribution in [2.45, 2.75) is 71.3 Å². The molecule has 1 aliphatic carbocycles. The predicted molar refractivity (Wildman–Crippen MR) is 142 cm³/mol. The van der Waals surface area contributed by atoms with Crippen LogP contribution in [-0.4, -0.2) is 54.9 Å². The highest BCUT2D eigenvalue weighted by Crippen LogP contribution is 2.33. The normalized spacial score (nSPS) is 17.2. The predicted octanol–water partition coefficient (Wildman–Crippen LogP) is 5.60. The summed E-state index contributed by atoms with van der Waals surface area (Å²) in [6.45, 7) is 5.70. The van der Waals surface area contributed by atoms with E-state index < -0.39 is 0 Å². The lowest BCUT2D eigenvalue weighted by Crippen LogP contribution is -2.48. The molecule has 0 bridgehead atoms. The molecule has 4 rings (SSSR count). The Balaban J connectivity index is 1.46. The zero-order valence-corrected chi connectivity index (χ0v) is 22.5. The summed E-state index contributed by atoms with van der Waals surface area (Å²) in [6, 6.07) is 8.28. The molecule has 6 heteroatoms. The molecule has 0 saturated carbocycles. The van der Waals surface area contributed by atoms with Crippen LogP contribution in [0.2, 0.25) is 0 Å². The quantitative estimate of drug-likeness (QED) is 0.478. The van der Waals surface area contributed by atoms with Crippen LogP contribution in [0, 0.1) is 11.8 Å². The first-order chi connectivity index (χ1) is 16.9. The second kappa shape index (κ2) is 11.6. The summed E-state index contributed by atoms with van der Waals surface area (Å²) >= 11 is 1.76. The number of thiophene rings is 1. The number of carbonyl (C=O) groups is 2. The number of fused-ring (bicyclic) bond motifs is 1. The van der Waals surface area contributed by atoms with E-state index in [9.17, 15) is 9.59 Å². The number of likely N-dealkylation sites (N-methyl/N-ethyl adjacent to an activating group) is 1. The number of amides is 2. The second-order valence-electron chi connectivity index (χ2n) is 10.6. The summed E-state index contributed by atoms with van der Waals surface area (Å²) in [5.74, 6) is 1.95. The van der Waals surface area contributed by atoms with Gasteiger partial charge in [-0.05, 0) is 80.0 Å². The molecule has 2 aliphatic rings. The molecule has 1 unspecified atom stereocenters. The van der Waals surface area contributed by atoms with Crippen LogP contribution in [-0.2, 0) is 24.1 Å². The summed E-state index contributed by atoms with van der Waals surface area (Å²) in [4.78, 5) is 31.9. The van der Waals surface area contributed by atoms with Crippen molar-refractivity contribution in [1.82, 2.24) is 9.80 Å². The van der Waals surface area contributed by atoms with E-state index in [2.05, 4.69) is 31.4 Å². The summed E-state index contributed by atoms with van der Waals surface area (Å²) < 4.78 is 5.43. The van der Waals surface area contributed by atoms with Gasteiger partial charge < -0.3 is 14.5 Å². The van der Waals surface area contributed by atoms with Crippen molar-refractivity contribution in [3.8, 4) is 5.75 Å². The van der Waals surface area contributed by atoms with E-state index in [1.807, 2.05) is 29.0 Å². The van der Waals surface area contributed by atoms with E-state index in [0.29, 0.717) is 18.3 Å². The summed E-state index contributed by atoms with van der Waals surface area (Å²) in [5.41, 5.74) is 3.44. The Kier molecular flexibility index (Phi) is 8.53. The van der Waals surface area contributed by atoms with Gasteiger partial charge in [-0.3, -0.25) is 9.59 Å². The monoisotopic (exact) mass is 496 g/mol. The Morgan fingerprint density at radius 2 is 1.91 bits per heavy atom. The maximum atomic E-state index is 13.4. The number of rotatable bonds is 8. The zero-order chi connectivity index (χ0) is 24.9. The second-order valence-corrected chi connectivity index (χ2v) is 11.6. The largest absolute Gasteiger partial charge is 0.497 e. The van der Waals surface area contributed by atoms with Crippen LogP contribution in [0.5, 0.6) is 5.75 Å². The molecule has 0 N–H and O–H groups in total. The van der Waals surface area contributed by atoms with Gasteiger partial charge in [0.1, 0.15) is 5.75 Å². The summed E-state index contributed by atoms with van der Waals surface area (Å²) in [5, 5.41) is 2.09. The Hall–Kier alpha value is -2.34. The van der Waals surface area contributed by atoms with Gasteiger partial charge in [0, 0.05) is 42.9 Å². The van der Waals surface area contributed by atoms with Crippen LogP contribution in [0.25, 0.3) is 0 Å². The van der Waals surface area contributed by atoms with Crippen LogP contribution in [0.3, 0.4) is 0 Å². The van der Waals surface area contributed by atoms with Gasteiger partial charge in [0.2, 0.25) is 5.91 Å². The van der Waals surface area contributed by atoms with Gasteiger partial charge in [-0.15, -0.1) is 11.3 Å². The average Bonchev–Trinajstić information content (AvgIpc) is 3.30. The SMILES string of the molecule is COc1cccc(CC(C2CCN(C(=O)c3csc4c3CCCC4)CC2)N(C)C(=O)CC(C)C)c1. The topological polar surface area (TPSA) is 49.9 Å². The third-order valence-corrected chi connectivity index (χ3v) is 8.80. The van der Waals surface area contributed by atoms with Crippen LogP contribution in [0.4, 0.5) is 0 Å². The van der Waals surface area contributed by atoms with Gasteiger partial charge in [-0.1, -0.05) is 26.0 Å². The Bertz CT molecular complexity index is 1020. The van der Waals surface area contributed by atoms with Gasteiger partial charge in [-0.25, -0.2) is 0 Å². The lowest BCUT2D eigenvalue weighted by molar-refractivity contribution is -0.134. The number of nitrogens with zero attached hydrogens (tertiary/aromatic N) is 2. The van der Waals surface area contributed by atoms with Crippen molar-refractivity contribution in [3.05, 3.63) is 51.2 Å². The number of benzene rings is 1. The van der Waals surface area contributed by atoms with E-state index in [-0.39, 0.29) is 17.9 Å². The molecule has 1 fully saturated rings. The van der Waals surface area contributed by atoms with Crippen molar-refractivity contribution in [2.75, 3.05) is 27.2 Å². The van der Waals surface area contributed by atoms with Crippen molar-refractivity contribution >= 4 is 23.2 Å². The number of piperidine rings is 1. The molecule has 35 heavy (non-hydrogen) atoms. The molecule has 0 radical (unpaired) electrons. The van der Waals surface area contributed by atoms with E-state index >= 15 is 0 Å². The van der Waals surface area contributed by atoms with Gasteiger partial charge in [0.05, 0.1) is 12.7 Å². The molecule has 2 amide bonds. The molecule has 190 valence electrons. The molecular formula is C29H40N2O3S. The number of methoxy groups -OCH3 is 1. The standard InChI is InChI=1S/C29H40N2O3S/c1-20(2)16-28(32)30(3)26(18-21-8-7-9-23(17-21)34-4)22-12-14-31(15-13-22)29(33)25-19-35-27-11-6-5-10-24(25)27/h7-9,17,19-20,22,26H,5-6,10-16,18H2,1-4H3. The third kappa shape index (κ3) is 6.08. The number of aryl methyl sites for hydroxylation is 1. The van der Waals surface area contributed by atoms with Crippen LogP contribution < -0.4 is 4.74 Å². The summed E-state index contributed by atoms with van der Waals surface area (Å²) in [7, 11) is 3.65. The molecule has 2 heterocycles. The fourth-order valence-corrected chi connectivity index (χ4v) is 6.79. The molecule has 1 aliphatic heterocycles. The van der Waals surface area contributed by atoms with Gasteiger partial charge in [0.25, 0.3) is 5.91 Å². The lowest BCUT2D eigenvalue weighted by atomic mass is 9.84. The van der Waals surface area contributed by atoms with Gasteiger partial charge in [0.15, 0.2) is 0 Å². The molecule has 1 aromatic carbocycles. The van der Waals surface area contributed by atoms with E-state index in [1.54, 1.807) is 18.4 Å². The van der Waals surface area contributed by atoms with Crippen molar-refractivity contribution in [1.29, 1.82) is 0 Å². The smallest absolute Gasteiger partial charge is 0.254 e. The number of ether oxygens (including phenoxy) is 1. The fourth-order valence-electron chi connectivity index (χ4n) is 5.67. The summed E-state index contributed by atoms with van der Waals surface area (Å²) in [6.07, 6.45) is 7.80. The highest BCUT2D eigenvalue weighted by molar-refractivity contribution is 7.10. The van der Waals surface area contributed by atoms with E-state index in [0.717, 1.165) is 56.5 Å². The van der Waals surface area contributed by atoms with Crippen LogP contribution in [0.15, 0.2) is 29.6 Å². The van der Waals surface area contributed by atoms with Crippen molar-refractivity contribution < 1.29 is 14.3 Å². The minimum absolute atomic E-state index is 0.111. The van der Waals surface area contributed by atoms with Gasteiger partial charge in [-0.2, -0.15) is 0 Å². The Labute approximate surface area is 214 Å². The average molecular weight is 497 g/mol. The Morgan fingerprint density at radius 3 is 2.63 bits per heavy atom. The van der Waals surface area contributed by atoms with E-state index in [1.165, 1.54) is 28.8 Å². The minimum Gasteiger partial charge on any atom is -0.497 e. The first kappa shape index (κ1) is 25.7. The maximum Gasteiger partial charge on any atom is 0.254 e. The van der Waals surface area contributed by atoms with E-state index in [4.69, 9.17) is 4.74 Å². The van der Waals surface area contributed by atoms with Crippen molar-refractivity contribution in [3.63, 3.8) is 0 Å². The third-order valence-electron chi connectivity index (χ3n) is 7.72.